The molecule has 0 bridgehead atoms. The van der Waals surface area contributed by atoms with Crippen LogP contribution in [0.4, 0.5) is 4.39 Å². The van der Waals surface area contributed by atoms with Crippen LogP contribution in [0.25, 0.3) is 0 Å². The summed E-state index contributed by atoms with van der Waals surface area (Å²) in [7, 11) is 1.27. The first kappa shape index (κ1) is 19.8. The van der Waals surface area contributed by atoms with Crippen molar-refractivity contribution in [2.45, 2.75) is 32.8 Å². The highest BCUT2D eigenvalue weighted by molar-refractivity contribution is 5.94. The van der Waals surface area contributed by atoms with E-state index >= 15 is 0 Å². The van der Waals surface area contributed by atoms with Crippen molar-refractivity contribution in [2.24, 2.45) is 7.05 Å². The van der Waals surface area contributed by atoms with Gasteiger partial charge >= 0.3 is 11.8 Å². The van der Waals surface area contributed by atoms with Gasteiger partial charge in [-0.1, -0.05) is 12.1 Å². The molecule has 0 aliphatic rings. The van der Waals surface area contributed by atoms with E-state index in [2.05, 4.69) is 20.5 Å². The summed E-state index contributed by atoms with van der Waals surface area (Å²) in [5.74, 6) is -3.90. The minimum atomic E-state index is -2.49. The molecule has 1 aromatic carbocycles. The molecule has 3 rings (SSSR count). The Morgan fingerprint density at radius 2 is 1.91 bits per heavy atom. The van der Waals surface area contributed by atoms with Crippen LogP contribution < -0.4 is 16.2 Å². The number of aryl methyl sites for hydroxylation is 1. The topological polar surface area (TPSA) is 152 Å². The van der Waals surface area contributed by atoms with E-state index in [4.69, 9.17) is 7.16 Å². The van der Waals surface area contributed by atoms with E-state index in [-0.39, 0.29) is 23.2 Å². The Morgan fingerprint density at radius 3 is 2.50 bits per heavy atom. The zero-order valence-corrected chi connectivity index (χ0v) is 17.6. The van der Waals surface area contributed by atoms with Gasteiger partial charge in [0.05, 0.1) is 8.28 Å². The van der Waals surface area contributed by atoms with Crippen molar-refractivity contribution >= 4 is 11.8 Å². The number of hydrogen-bond acceptors (Lipinski definition) is 8. The number of benzene rings is 1. The standard InChI is InChI=1S/C20H21FN6O5/c1-10-25-26-17(32-10)16(30)24-20(2,3)19-23-13(14(28)18(31)27(19)4)15(29)22-9-11-5-7-12(21)8-6-11/h5-8,28H,9H2,1-4H3,(H,22,29)(H,24,30)/i9D2. The van der Waals surface area contributed by atoms with Crippen LogP contribution in [0.15, 0.2) is 33.5 Å². The molecule has 2 aromatic heterocycles. The lowest BCUT2D eigenvalue weighted by atomic mass is 10.0. The lowest BCUT2D eigenvalue weighted by molar-refractivity contribution is 0.0869. The summed E-state index contributed by atoms with van der Waals surface area (Å²) in [6.07, 6.45) is 0. The van der Waals surface area contributed by atoms with Crippen LogP contribution in [0, 0.1) is 12.7 Å². The number of amides is 2. The highest BCUT2D eigenvalue weighted by Gasteiger charge is 2.32. The molecule has 3 N–H and O–H groups in total. The highest BCUT2D eigenvalue weighted by atomic mass is 19.1. The zero-order valence-electron chi connectivity index (χ0n) is 19.6. The Bertz CT molecular complexity index is 1320. The first-order valence-corrected chi connectivity index (χ1v) is 9.24. The number of halogens is 1. The average molecular weight is 446 g/mol. The summed E-state index contributed by atoms with van der Waals surface area (Å²) in [4.78, 5) is 41.9. The van der Waals surface area contributed by atoms with E-state index in [1.54, 1.807) is 0 Å². The summed E-state index contributed by atoms with van der Waals surface area (Å²) < 4.78 is 35.3. The van der Waals surface area contributed by atoms with E-state index in [9.17, 15) is 23.9 Å². The first-order chi connectivity index (χ1) is 15.7. The van der Waals surface area contributed by atoms with Gasteiger partial charge in [0.15, 0.2) is 5.69 Å². The Kier molecular flexibility index (Phi) is 5.32. The molecule has 0 fully saturated rings. The van der Waals surface area contributed by atoms with Gasteiger partial charge in [0, 0.05) is 20.5 Å². The highest BCUT2D eigenvalue weighted by Crippen LogP contribution is 2.20. The molecule has 2 amide bonds. The molecule has 0 saturated carbocycles. The molecular weight excluding hydrogens is 423 g/mol. The molecule has 11 nitrogen and oxygen atoms in total. The van der Waals surface area contributed by atoms with Gasteiger partial charge in [-0.2, -0.15) is 0 Å². The molecule has 0 atom stereocenters. The summed E-state index contributed by atoms with van der Waals surface area (Å²) in [6.45, 7) is 1.97. The molecule has 32 heavy (non-hydrogen) atoms. The second-order valence-electron chi connectivity index (χ2n) is 7.29. The second kappa shape index (κ2) is 8.57. The number of carbonyl (C=O) groups excluding carboxylic acids is 2. The van der Waals surface area contributed by atoms with Crippen molar-refractivity contribution in [1.29, 1.82) is 0 Å². The van der Waals surface area contributed by atoms with Crippen molar-refractivity contribution in [1.82, 2.24) is 30.4 Å². The van der Waals surface area contributed by atoms with Crippen LogP contribution in [-0.2, 0) is 19.1 Å². The fourth-order valence-corrected chi connectivity index (χ4v) is 2.81. The fourth-order valence-electron chi connectivity index (χ4n) is 2.81. The van der Waals surface area contributed by atoms with E-state index in [1.165, 1.54) is 27.8 Å². The van der Waals surface area contributed by atoms with Crippen LogP contribution in [-0.4, -0.2) is 36.7 Å². The summed E-state index contributed by atoms with van der Waals surface area (Å²) in [5, 5.41) is 22.0. The Morgan fingerprint density at radius 1 is 1.25 bits per heavy atom. The van der Waals surface area contributed by atoms with E-state index < -0.39 is 46.7 Å². The normalized spacial score (nSPS) is 12.7. The number of carbonyl (C=O) groups is 2. The number of nitrogens with one attached hydrogen (secondary N) is 2. The number of aromatic hydroxyl groups is 1. The second-order valence-corrected chi connectivity index (χ2v) is 7.29. The zero-order chi connectivity index (χ0) is 25.4. The van der Waals surface area contributed by atoms with Crippen molar-refractivity contribution in [2.75, 3.05) is 0 Å². The Hall–Kier alpha value is -4.09. The van der Waals surface area contributed by atoms with E-state index in [0.717, 1.165) is 28.8 Å². The third-order valence-corrected chi connectivity index (χ3v) is 4.35. The van der Waals surface area contributed by atoms with Gasteiger partial charge in [0.25, 0.3) is 11.5 Å². The lowest BCUT2D eigenvalue weighted by Gasteiger charge is -2.27. The maximum Gasteiger partial charge on any atom is 0.309 e. The van der Waals surface area contributed by atoms with Gasteiger partial charge in [0.1, 0.15) is 11.6 Å². The van der Waals surface area contributed by atoms with Crippen LogP contribution in [0.2, 0.25) is 0 Å². The minimum Gasteiger partial charge on any atom is -0.501 e. The third kappa shape index (κ3) is 4.63. The summed E-state index contributed by atoms with van der Waals surface area (Å²) in [6, 6.07) is 4.30. The average Bonchev–Trinajstić information content (AvgIpc) is 3.18. The molecule has 0 aliphatic heterocycles. The molecule has 0 unspecified atom stereocenters. The van der Waals surface area contributed by atoms with Crippen molar-refractivity contribution in [3.05, 3.63) is 69.3 Å². The predicted molar refractivity (Wildman–Crippen MR) is 108 cm³/mol. The van der Waals surface area contributed by atoms with Crippen LogP contribution in [0.1, 0.15) is 55.0 Å². The molecule has 0 spiro atoms. The summed E-state index contributed by atoms with van der Waals surface area (Å²) in [5.41, 5.74) is -3.23. The maximum atomic E-state index is 13.2. The van der Waals surface area contributed by atoms with Gasteiger partial charge < -0.3 is 20.2 Å². The van der Waals surface area contributed by atoms with E-state index in [0.29, 0.717) is 0 Å². The molecule has 0 radical (unpaired) electrons. The smallest absolute Gasteiger partial charge is 0.309 e. The lowest BCUT2D eigenvalue weighted by Crippen LogP contribution is -2.46. The number of aromatic nitrogens is 4. The first-order valence-electron chi connectivity index (χ1n) is 10.2. The molecular formula is C20H21FN6O5. The largest absolute Gasteiger partial charge is 0.501 e. The number of rotatable bonds is 6. The van der Waals surface area contributed by atoms with Crippen LogP contribution in [0.5, 0.6) is 5.75 Å². The monoisotopic (exact) mass is 446 g/mol. The maximum absolute atomic E-state index is 13.2. The van der Waals surface area contributed by atoms with Crippen LogP contribution in [0.3, 0.4) is 0 Å². The summed E-state index contributed by atoms with van der Waals surface area (Å²) >= 11 is 0. The van der Waals surface area contributed by atoms with Gasteiger partial charge in [0.2, 0.25) is 11.6 Å². The van der Waals surface area contributed by atoms with Crippen molar-refractivity contribution < 1.29 is 26.2 Å². The quantitative estimate of drug-likeness (QED) is 0.505. The van der Waals surface area contributed by atoms with Gasteiger partial charge in [-0.05, 0) is 31.5 Å². The van der Waals surface area contributed by atoms with Crippen molar-refractivity contribution in [3.63, 3.8) is 0 Å². The predicted octanol–water partition coefficient (Wildman–Crippen LogP) is 0.912. The SMILES string of the molecule is [2H]C([2H])(NC(=O)c1nc(C(C)(C)NC(=O)c2nnc(C)o2)n(C)c(=O)c1O)c1ccc(F)cc1. The number of hydrogen-bond donors (Lipinski definition) is 3. The van der Waals surface area contributed by atoms with Gasteiger partial charge in [-0.25, -0.2) is 9.37 Å². The molecule has 0 aliphatic carbocycles. The third-order valence-electron chi connectivity index (χ3n) is 4.35. The molecule has 0 saturated heterocycles. The molecule has 168 valence electrons. The minimum absolute atomic E-state index is 0.0757. The van der Waals surface area contributed by atoms with Crippen molar-refractivity contribution in [3.8, 4) is 5.75 Å². The van der Waals surface area contributed by atoms with Gasteiger partial charge in [-0.3, -0.25) is 19.0 Å². The Balaban J connectivity index is 1.96. The molecule has 12 heteroatoms. The van der Waals surface area contributed by atoms with Crippen LogP contribution >= 0.6 is 0 Å². The molecule has 3 aromatic rings. The fraction of sp³-hybridized carbons (Fsp3) is 0.300. The Labute approximate surface area is 184 Å². The number of nitrogens with zero attached hydrogens (tertiary/aromatic N) is 4. The van der Waals surface area contributed by atoms with Gasteiger partial charge in [-0.15, -0.1) is 10.2 Å². The van der Waals surface area contributed by atoms with E-state index in [1.807, 2.05) is 5.32 Å². The molecule has 2 heterocycles.